The molecule has 0 aliphatic rings. The molecule has 1 unspecified atom stereocenters. The number of esters is 1. The molecule has 1 aromatic carbocycles. The van der Waals surface area contributed by atoms with Crippen molar-refractivity contribution in [1.29, 1.82) is 5.26 Å². The summed E-state index contributed by atoms with van der Waals surface area (Å²) < 4.78 is 43.0. The zero-order chi connectivity index (χ0) is 18.9. The van der Waals surface area contributed by atoms with Gasteiger partial charge in [0.05, 0.1) is 27.2 Å². The molecule has 0 saturated carbocycles. The zero-order valence-electron chi connectivity index (χ0n) is 12.8. The molecule has 1 atom stereocenters. The van der Waals surface area contributed by atoms with E-state index in [0.29, 0.717) is 12.1 Å². The normalized spacial score (nSPS) is 13.1. The van der Waals surface area contributed by atoms with E-state index in [-0.39, 0.29) is 0 Å². The lowest BCUT2D eigenvalue weighted by Crippen LogP contribution is -2.32. The van der Waals surface area contributed by atoms with Gasteiger partial charge in [-0.15, -0.1) is 0 Å². The second-order valence-corrected chi connectivity index (χ2v) is 6.59. The highest BCUT2D eigenvalue weighted by Crippen LogP contribution is 2.36. The summed E-state index contributed by atoms with van der Waals surface area (Å²) >= 11 is 11.4. The Bertz CT molecular complexity index is 695. The highest BCUT2D eigenvalue weighted by molar-refractivity contribution is 6.40. The van der Waals surface area contributed by atoms with Crippen LogP contribution in [0.15, 0.2) is 12.1 Å². The largest absolute Gasteiger partial charge is 0.459 e. The van der Waals surface area contributed by atoms with Crippen molar-refractivity contribution < 1.29 is 27.5 Å². The fourth-order valence-corrected chi connectivity index (χ4v) is 2.37. The van der Waals surface area contributed by atoms with Gasteiger partial charge < -0.3 is 4.74 Å². The van der Waals surface area contributed by atoms with E-state index < -0.39 is 50.6 Å². The minimum atomic E-state index is -4.71. The van der Waals surface area contributed by atoms with Gasteiger partial charge in [0.1, 0.15) is 5.60 Å². The summed E-state index contributed by atoms with van der Waals surface area (Å²) in [5.41, 5.74) is -2.65. The van der Waals surface area contributed by atoms with Crippen molar-refractivity contribution >= 4 is 35.0 Å². The second-order valence-electron chi connectivity index (χ2n) is 5.77. The van der Waals surface area contributed by atoms with Crippen LogP contribution >= 0.6 is 23.2 Å². The Morgan fingerprint density at radius 3 is 1.96 bits per heavy atom. The molecule has 0 spiro atoms. The maximum Gasteiger partial charge on any atom is 0.416 e. The summed E-state index contributed by atoms with van der Waals surface area (Å²) in [6.07, 6.45) is -4.71. The molecule has 0 radical (unpaired) electrons. The number of ketones is 1. The number of nitrogens with zero attached hydrogens (tertiary/aromatic N) is 1. The van der Waals surface area contributed by atoms with Gasteiger partial charge in [-0.25, -0.2) is 0 Å². The van der Waals surface area contributed by atoms with Gasteiger partial charge in [0.2, 0.25) is 5.92 Å². The molecular weight excluding hydrogens is 370 g/mol. The Morgan fingerprint density at radius 2 is 1.62 bits per heavy atom. The number of rotatable bonds is 3. The van der Waals surface area contributed by atoms with Crippen LogP contribution in [0.1, 0.15) is 36.7 Å². The van der Waals surface area contributed by atoms with Gasteiger partial charge in [0, 0.05) is 0 Å². The van der Waals surface area contributed by atoms with Crippen LogP contribution in [0.3, 0.4) is 0 Å². The van der Waals surface area contributed by atoms with Gasteiger partial charge in [-0.3, -0.25) is 9.59 Å². The van der Waals surface area contributed by atoms with Crippen LogP contribution in [-0.2, 0) is 15.7 Å². The topological polar surface area (TPSA) is 67.2 Å². The van der Waals surface area contributed by atoms with Crippen LogP contribution < -0.4 is 0 Å². The van der Waals surface area contributed by atoms with E-state index >= 15 is 0 Å². The fraction of sp³-hybridized carbons (Fsp3) is 0.400. The third-order valence-corrected chi connectivity index (χ3v) is 3.25. The molecule has 0 saturated heterocycles. The zero-order valence-corrected chi connectivity index (χ0v) is 14.3. The molecule has 24 heavy (non-hydrogen) atoms. The average Bonchev–Trinajstić information content (AvgIpc) is 2.35. The van der Waals surface area contributed by atoms with E-state index in [1.54, 1.807) is 0 Å². The third-order valence-electron chi connectivity index (χ3n) is 2.65. The quantitative estimate of drug-likeness (QED) is 0.433. The van der Waals surface area contributed by atoms with Gasteiger partial charge in [0.15, 0.2) is 5.78 Å². The van der Waals surface area contributed by atoms with E-state index in [0.717, 1.165) is 0 Å². The number of alkyl halides is 3. The Labute approximate surface area is 146 Å². The van der Waals surface area contributed by atoms with Crippen LogP contribution in [0, 0.1) is 17.2 Å². The molecule has 0 bridgehead atoms. The number of benzene rings is 1. The standard InChI is InChI=1S/C15H12Cl2F3NO3/c1-14(2,3)24-13(23)8(6-21)12(22)11-9(16)4-7(5-10(11)17)15(18,19)20/h4-5,8H,1-3H3. The molecule has 0 aliphatic carbocycles. The van der Waals surface area contributed by atoms with Crippen LogP contribution in [-0.4, -0.2) is 17.4 Å². The van der Waals surface area contributed by atoms with Gasteiger partial charge in [0.25, 0.3) is 0 Å². The molecule has 0 amide bonds. The first-order valence-corrected chi connectivity index (χ1v) is 7.26. The molecule has 0 fully saturated rings. The van der Waals surface area contributed by atoms with Gasteiger partial charge in [-0.1, -0.05) is 23.2 Å². The second kappa shape index (κ2) is 6.99. The number of hydrogen-bond donors (Lipinski definition) is 0. The maximum absolute atomic E-state index is 12.7. The molecule has 0 aromatic heterocycles. The van der Waals surface area contributed by atoms with Crippen LogP contribution in [0.5, 0.6) is 0 Å². The molecule has 0 N–H and O–H groups in total. The number of hydrogen-bond acceptors (Lipinski definition) is 4. The number of carbonyl (C=O) groups excluding carboxylic acids is 2. The van der Waals surface area contributed by atoms with Crippen molar-refractivity contribution in [2.45, 2.75) is 32.5 Å². The summed E-state index contributed by atoms with van der Waals surface area (Å²) in [7, 11) is 0. The van der Waals surface area contributed by atoms with Crippen LogP contribution in [0.2, 0.25) is 10.0 Å². The fourth-order valence-electron chi connectivity index (χ4n) is 1.70. The number of nitriles is 1. The third kappa shape index (κ3) is 4.86. The Hall–Kier alpha value is -1.78. The summed E-state index contributed by atoms with van der Waals surface area (Å²) in [5.74, 6) is -4.16. The lowest BCUT2D eigenvalue weighted by molar-refractivity contribution is -0.156. The van der Waals surface area contributed by atoms with Crippen molar-refractivity contribution in [2.75, 3.05) is 0 Å². The maximum atomic E-state index is 12.7. The van der Waals surface area contributed by atoms with Crippen molar-refractivity contribution in [2.24, 2.45) is 5.92 Å². The Kier molecular flexibility index (Phi) is 5.91. The van der Waals surface area contributed by atoms with E-state index in [1.165, 1.54) is 26.8 Å². The van der Waals surface area contributed by atoms with Crippen molar-refractivity contribution in [3.63, 3.8) is 0 Å². The summed E-state index contributed by atoms with van der Waals surface area (Å²) in [6, 6.07) is 2.47. The molecule has 1 aromatic rings. The van der Waals surface area contributed by atoms with Crippen molar-refractivity contribution in [3.05, 3.63) is 33.3 Å². The molecule has 1 rings (SSSR count). The molecule has 0 heterocycles. The van der Waals surface area contributed by atoms with E-state index in [4.69, 9.17) is 33.2 Å². The molecule has 4 nitrogen and oxygen atoms in total. The first-order valence-electron chi connectivity index (χ1n) is 6.51. The van der Waals surface area contributed by atoms with E-state index in [1.807, 2.05) is 0 Å². The van der Waals surface area contributed by atoms with Gasteiger partial charge in [-0.05, 0) is 32.9 Å². The summed E-state index contributed by atoms with van der Waals surface area (Å²) in [5, 5.41) is 7.84. The average molecular weight is 382 g/mol. The minimum absolute atomic E-state index is 0.504. The predicted octanol–water partition coefficient (Wildman–Crippen LogP) is 4.68. The van der Waals surface area contributed by atoms with Crippen molar-refractivity contribution in [1.82, 2.24) is 0 Å². The first-order chi connectivity index (χ1) is 10.8. The van der Waals surface area contributed by atoms with Crippen molar-refractivity contribution in [3.8, 4) is 6.07 Å². The summed E-state index contributed by atoms with van der Waals surface area (Å²) in [4.78, 5) is 24.3. The summed E-state index contributed by atoms with van der Waals surface area (Å²) in [6.45, 7) is 4.59. The molecular formula is C15H12Cl2F3NO3. The van der Waals surface area contributed by atoms with E-state index in [2.05, 4.69) is 0 Å². The highest BCUT2D eigenvalue weighted by Gasteiger charge is 2.37. The van der Waals surface area contributed by atoms with Crippen LogP contribution in [0.4, 0.5) is 13.2 Å². The lowest BCUT2D eigenvalue weighted by Gasteiger charge is -2.21. The smallest absolute Gasteiger partial charge is 0.416 e. The molecule has 9 heteroatoms. The van der Waals surface area contributed by atoms with Gasteiger partial charge >= 0.3 is 12.1 Å². The Morgan fingerprint density at radius 1 is 1.17 bits per heavy atom. The number of ether oxygens (including phenoxy) is 1. The minimum Gasteiger partial charge on any atom is -0.459 e. The number of Topliss-reactive ketones (excluding diaryl/α,β-unsaturated/α-hetero) is 1. The van der Waals surface area contributed by atoms with Crippen LogP contribution in [0.25, 0.3) is 0 Å². The number of halogens is 5. The lowest BCUT2D eigenvalue weighted by atomic mass is 9.97. The predicted molar refractivity (Wildman–Crippen MR) is 80.7 cm³/mol. The molecule has 0 aliphatic heterocycles. The Balaban J connectivity index is 3.28. The first kappa shape index (κ1) is 20.3. The van der Waals surface area contributed by atoms with Gasteiger partial charge in [-0.2, -0.15) is 18.4 Å². The highest BCUT2D eigenvalue weighted by atomic mass is 35.5. The van der Waals surface area contributed by atoms with E-state index in [9.17, 15) is 22.8 Å². The number of carbonyl (C=O) groups is 2. The SMILES string of the molecule is CC(C)(C)OC(=O)C(C#N)C(=O)c1c(Cl)cc(C(F)(F)F)cc1Cl. The monoisotopic (exact) mass is 381 g/mol. The molecule has 130 valence electrons.